The second kappa shape index (κ2) is 8.90. The van der Waals surface area contributed by atoms with Gasteiger partial charge in [0.15, 0.2) is 0 Å². The van der Waals surface area contributed by atoms with E-state index in [9.17, 15) is 9.59 Å². The Hall–Kier alpha value is -3.48. The highest BCUT2D eigenvalue weighted by molar-refractivity contribution is 5.93. The summed E-state index contributed by atoms with van der Waals surface area (Å²) in [5, 5.41) is 10.1. The third kappa shape index (κ3) is 4.56. The third-order valence-electron chi connectivity index (χ3n) is 5.44. The van der Waals surface area contributed by atoms with E-state index < -0.39 is 0 Å². The zero-order valence-corrected chi connectivity index (χ0v) is 17.0. The van der Waals surface area contributed by atoms with Crippen LogP contribution in [0.2, 0.25) is 0 Å². The Balaban J connectivity index is 1.29. The molecule has 0 saturated carbocycles. The molecule has 3 aromatic rings. The molecule has 1 saturated heterocycles. The summed E-state index contributed by atoms with van der Waals surface area (Å²) < 4.78 is 0. The van der Waals surface area contributed by atoms with Gasteiger partial charge in [0.2, 0.25) is 5.91 Å². The van der Waals surface area contributed by atoms with Crippen LogP contribution in [0.15, 0.2) is 54.7 Å². The maximum Gasteiger partial charge on any atom is 0.271 e. The number of hydrogen-bond acceptors (Lipinski definition) is 4. The van der Waals surface area contributed by atoms with E-state index in [1.54, 1.807) is 17.2 Å². The molecule has 0 bridgehead atoms. The van der Waals surface area contributed by atoms with Crippen molar-refractivity contribution in [3.63, 3.8) is 0 Å². The van der Waals surface area contributed by atoms with Crippen LogP contribution >= 0.6 is 0 Å². The summed E-state index contributed by atoms with van der Waals surface area (Å²) in [4.78, 5) is 31.4. The number of piperidine rings is 1. The van der Waals surface area contributed by atoms with Crippen LogP contribution in [-0.4, -0.2) is 45.0 Å². The van der Waals surface area contributed by atoms with Crippen molar-refractivity contribution in [1.29, 1.82) is 0 Å². The van der Waals surface area contributed by atoms with Crippen LogP contribution in [0.4, 0.5) is 0 Å². The average Bonchev–Trinajstić information content (AvgIpc) is 3.28. The number of aromatic amines is 1. The van der Waals surface area contributed by atoms with E-state index in [2.05, 4.69) is 26.6 Å². The average molecular weight is 403 g/mol. The fourth-order valence-corrected chi connectivity index (χ4v) is 3.75. The number of hydrogen-bond donors (Lipinski definition) is 2. The van der Waals surface area contributed by atoms with Gasteiger partial charge in [-0.1, -0.05) is 35.9 Å². The normalized spacial score (nSPS) is 14.5. The lowest BCUT2D eigenvalue weighted by Gasteiger charge is -2.31. The Morgan fingerprint density at radius 1 is 1.10 bits per heavy atom. The number of aryl methyl sites for hydroxylation is 1. The Labute approximate surface area is 175 Å². The van der Waals surface area contributed by atoms with Gasteiger partial charge in [-0.25, -0.2) is 0 Å². The van der Waals surface area contributed by atoms with Gasteiger partial charge in [-0.3, -0.25) is 19.7 Å². The fraction of sp³-hybridized carbons (Fsp3) is 0.304. The number of H-pyrrole nitrogens is 1. The lowest BCUT2D eigenvalue weighted by Crippen LogP contribution is -2.43. The highest BCUT2D eigenvalue weighted by Gasteiger charge is 2.28. The molecule has 30 heavy (non-hydrogen) atoms. The molecule has 154 valence electrons. The summed E-state index contributed by atoms with van der Waals surface area (Å²) in [6, 6.07) is 15.4. The van der Waals surface area contributed by atoms with Crippen molar-refractivity contribution in [3.05, 3.63) is 71.5 Å². The first-order chi connectivity index (χ1) is 14.6. The number of likely N-dealkylation sites (tertiary alicyclic amines) is 1. The molecular weight excluding hydrogens is 378 g/mol. The SMILES string of the molecule is Cc1cccc(CNC(=O)C2CCN(C(=O)c3cc(-c4ccccn4)n[nH]3)CC2)c1. The van der Waals surface area contributed by atoms with E-state index in [0.717, 1.165) is 11.3 Å². The molecule has 2 aromatic heterocycles. The van der Waals surface area contributed by atoms with E-state index in [1.807, 2.05) is 43.3 Å². The summed E-state index contributed by atoms with van der Waals surface area (Å²) in [6.45, 7) is 3.68. The van der Waals surface area contributed by atoms with Gasteiger partial charge in [0.25, 0.3) is 5.91 Å². The fourth-order valence-electron chi connectivity index (χ4n) is 3.75. The lowest BCUT2D eigenvalue weighted by molar-refractivity contribution is -0.126. The highest BCUT2D eigenvalue weighted by atomic mass is 16.2. The molecule has 0 unspecified atom stereocenters. The maximum atomic E-state index is 12.8. The second-order valence-corrected chi connectivity index (χ2v) is 7.66. The van der Waals surface area contributed by atoms with Crippen molar-refractivity contribution in [3.8, 4) is 11.4 Å². The van der Waals surface area contributed by atoms with Gasteiger partial charge in [0.1, 0.15) is 11.4 Å². The maximum absolute atomic E-state index is 12.8. The zero-order chi connectivity index (χ0) is 20.9. The smallest absolute Gasteiger partial charge is 0.271 e. The first-order valence-electron chi connectivity index (χ1n) is 10.2. The van der Waals surface area contributed by atoms with Gasteiger partial charge in [-0.05, 0) is 43.5 Å². The minimum atomic E-state index is -0.0942. The monoisotopic (exact) mass is 403 g/mol. The van der Waals surface area contributed by atoms with Gasteiger partial charge < -0.3 is 10.2 Å². The van der Waals surface area contributed by atoms with Gasteiger partial charge in [-0.15, -0.1) is 0 Å². The molecule has 1 fully saturated rings. The molecular formula is C23H25N5O2. The van der Waals surface area contributed by atoms with Crippen molar-refractivity contribution < 1.29 is 9.59 Å². The van der Waals surface area contributed by atoms with Crippen LogP contribution in [0, 0.1) is 12.8 Å². The Morgan fingerprint density at radius 2 is 1.93 bits per heavy atom. The largest absolute Gasteiger partial charge is 0.352 e. The van der Waals surface area contributed by atoms with Crippen LogP contribution in [-0.2, 0) is 11.3 Å². The number of benzene rings is 1. The molecule has 3 heterocycles. The van der Waals surface area contributed by atoms with Gasteiger partial charge >= 0.3 is 0 Å². The topological polar surface area (TPSA) is 91.0 Å². The van der Waals surface area contributed by atoms with Crippen LogP contribution in [0.5, 0.6) is 0 Å². The predicted octanol–water partition coefficient (Wildman–Crippen LogP) is 2.95. The van der Waals surface area contributed by atoms with Crippen molar-refractivity contribution in [2.75, 3.05) is 13.1 Å². The Morgan fingerprint density at radius 3 is 2.67 bits per heavy atom. The molecule has 0 radical (unpaired) electrons. The van der Waals surface area contributed by atoms with E-state index in [0.29, 0.717) is 43.9 Å². The van der Waals surface area contributed by atoms with Crippen LogP contribution < -0.4 is 5.32 Å². The van der Waals surface area contributed by atoms with Crippen molar-refractivity contribution in [1.82, 2.24) is 25.4 Å². The molecule has 0 atom stereocenters. The molecule has 1 aromatic carbocycles. The number of nitrogens with one attached hydrogen (secondary N) is 2. The summed E-state index contributed by atoms with van der Waals surface area (Å²) in [6.07, 6.45) is 3.01. The molecule has 1 aliphatic heterocycles. The van der Waals surface area contributed by atoms with Gasteiger partial charge in [0.05, 0.1) is 5.69 Å². The van der Waals surface area contributed by atoms with Crippen molar-refractivity contribution in [2.45, 2.75) is 26.3 Å². The number of carbonyl (C=O) groups is 2. The summed E-state index contributed by atoms with van der Waals surface area (Å²) >= 11 is 0. The molecule has 0 spiro atoms. The second-order valence-electron chi connectivity index (χ2n) is 7.66. The molecule has 1 aliphatic rings. The number of aromatic nitrogens is 3. The van der Waals surface area contributed by atoms with Crippen molar-refractivity contribution >= 4 is 11.8 Å². The molecule has 2 amide bonds. The first-order valence-corrected chi connectivity index (χ1v) is 10.2. The summed E-state index contributed by atoms with van der Waals surface area (Å²) in [5.41, 5.74) is 4.08. The molecule has 0 aliphatic carbocycles. The van der Waals surface area contributed by atoms with Crippen LogP contribution in [0.3, 0.4) is 0 Å². The van der Waals surface area contributed by atoms with E-state index >= 15 is 0 Å². The van der Waals surface area contributed by atoms with Crippen LogP contribution in [0.1, 0.15) is 34.5 Å². The van der Waals surface area contributed by atoms with Crippen molar-refractivity contribution in [2.24, 2.45) is 5.92 Å². The van der Waals surface area contributed by atoms with E-state index in [-0.39, 0.29) is 17.7 Å². The van der Waals surface area contributed by atoms with Gasteiger partial charge in [0, 0.05) is 31.7 Å². The zero-order valence-electron chi connectivity index (χ0n) is 17.0. The first kappa shape index (κ1) is 19.8. The number of pyridine rings is 1. The number of carbonyl (C=O) groups excluding carboxylic acids is 2. The third-order valence-corrected chi connectivity index (χ3v) is 5.44. The highest BCUT2D eigenvalue weighted by Crippen LogP contribution is 2.21. The molecule has 2 N–H and O–H groups in total. The standard InChI is InChI=1S/C23H25N5O2/c1-16-5-4-6-17(13-16)15-25-22(29)18-8-11-28(12-9-18)23(30)21-14-20(26-27-21)19-7-2-3-10-24-19/h2-7,10,13-14,18H,8-9,11-12,15H2,1H3,(H,25,29)(H,26,27). The van der Waals surface area contributed by atoms with E-state index in [1.165, 1.54) is 5.56 Å². The summed E-state index contributed by atoms with van der Waals surface area (Å²) in [7, 11) is 0. The molecule has 4 rings (SSSR count). The minimum absolute atomic E-state index is 0.0579. The molecule has 7 heteroatoms. The molecule has 7 nitrogen and oxygen atoms in total. The van der Waals surface area contributed by atoms with Crippen LogP contribution in [0.25, 0.3) is 11.4 Å². The number of nitrogens with zero attached hydrogens (tertiary/aromatic N) is 3. The summed E-state index contributed by atoms with van der Waals surface area (Å²) in [5.74, 6) is -0.101. The lowest BCUT2D eigenvalue weighted by atomic mass is 9.95. The van der Waals surface area contributed by atoms with Gasteiger partial charge in [-0.2, -0.15) is 5.10 Å². The quantitative estimate of drug-likeness (QED) is 0.685. The Kier molecular flexibility index (Phi) is 5.88. The minimum Gasteiger partial charge on any atom is -0.352 e. The van der Waals surface area contributed by atoms with E-state index in [4.69, 9.17) is 0 Å². The Bertz CT molecular complexity index is 1020. The predicted molar refractivity (Wildman–Crippen MR) is 113 cm³/mol. The number of amides is 2. The number of rotatable bonds is 5.